The molecule has 15 aromatic rings. The third-order valence-corrected chi connectivity index (χ3v) is 19.1. The highest BCUT2D eigenvalue weighted by Crippen LogP contribution is 2.48. The van der Waals surface area contributed by atoms with Crippen molar-refractivity contribution < 1.29 is 18.0 Å². The van der Waals surface area contributed by atoms with Gasteiger partial charge in [-0.3, -0.25) is 19.9 Å². The Balaban J connectivity index is 0.778. The van der Waals surface area contributed by atoms with E-state index in [4.69, 9.17) is 43.9 Å². The van der Waals surface area contributed by atoms with Gasteiger partial charge < -0.3 is 33.0 Å². The summed E-state index contributed by atoms with van der Waals surface area (Å²) < 4.78 is 33.1. The van der Waals surface area contributed by atoms with E-state index in [-0.39, 0.29) is 11.8 Å². The summed E-state index contributed by atoms with van der Waals surface area (Å²) in [5.41, 5.74) is 14.3. The summed E-state index contributed by atoms with van der Waals surface area (Å²) in [6.07, 6.45) is 22.4. The zero-order valence-corrected chi connectivity index (χ0v) is 50.3. The lowest BCUT2D eigenvalue weighted by Crippen LogP contribution is -2.32. The van der Waals surface area contributed by atoms with E-state index in [1.807, 2.05) is 111 Å². The number of thiophene rings is 1. The van der Waals surface area contributed by atoms with Crippen LogP contribution < -0.4 is 5.84 Å². The van der Waals surface area contributed by atoms with Crippen molar-refractivity contribution in [2.45, 2.75) is 58.6 Å². The second-order valence-corrected chi connectivity index (χ2v) is 24.8. The molecule has 0 amide bonds. The van der Waals surface area contributed by atoms with Crippen LogP contribution in [0, 0.1) is 12.8 Å². The quantitative estimate of drug-likeness (QED) is 0.0587. The Labute approximate surface area is 518 Å². The Morgan fingerprint density at radius 2 is 1.39 bits per heavy atom. The van der Waals surface area contributed by atoms with Crippen molar-refractivity contribution in [3.8, 4) is 51.3 Å². The number of hydrazone groups is 1. The molecule has 0 radical (unpaired) electrons. The molecular formula is C73H54N12O4S. The molecule has 4 unspecified atom stereocenters. The number of hydrogen-bond donors (Lipinski definition) is 1. The van der Waals surface area contributed by atoms with Crippen molar-refractivity contribution in [2.24, 2.45) is 16.9 Å². The van der Waals surface area contributed by atoms with Crippen LogP contribution in [0.3, 0.4) is 0 Å². The van der Waals surface area contributed by atoms with E-state index in [1.54, 1.807) is 11.3 Å². The second kappa shape index (κ2) is 20.5. The summed E-state index contributed by atoms with van der Waals surface area (Å²) in [5, 5.41) is 29.5. The summed E-state index contributed by atoms with van der Waals surface area (Å²) in [4.78, 5) is 19.2. The molecular weight excluding hydrogens is 1140 g/mol. The van der Waals surface area contributed by atoms with Gasteiger partial charge in [-0.2, -0.15) is 0 Å². The number of pyridine rings is 4. The van der Waals surface area contributed by atoms with Crippen LogP contribution in [0.2, 0.25) is 0 Å². The molecule has 10 aromatic heterocycles. The number of nitrogens with zero attached hydrogens (tertiary/aromatic N) is 11. The molecule has 5 aromatic carbocycles. The third kappa shape index (κ3) is 8.44. The standard InChI is InChI=1S/C73H54N12O4S/c1-39-14-12-13-19-47(39)70-81-82-71(89-70)52-30-64-50(57-38-77-58(32-65(57)90-64)42(4)86-68(79-74)43-15-8-6-9-16-43)29-48(52)45-20-21-60-49(27-45)54-35-75-24-22-61(54)84(60)46-26-40(2)66-51(28-46)53-34-73(5,33-41(3)67(53)87-66)85-62-23-25-76-36-55(62)56-37-78-59(31-63(56)85)72-83-80-69(88-72)44-17-10-7-11-18-44/h6-33,35-39,42,47H,34,74H2,1-5H3/b79-68-. The minimum atomic E-state index is -0.570. The zero-order valence-electron chi connectivity index (χ0n) is 49.5. The summed E-state index contributed by atoms with van der Waals surface area (Å²) in [5.74, 6) is 9.01. The maximum Gasteiger partial charge on any atom is 0.266 e. The first-order chi connectivity index (χ1) is 44.0. The maximum atomic E-state index is 6.95. The molecule has 0 aliphatic heterocycles. The van der Waals surface area contributed by atoms with Crippen LogP contribution in [0.4, 0.5) is 0 Å². The van der Waals surface area contributed by atoms with Gasteiger partial charge in [0.05, 0.1) is 39.2 Å². The van der Waals surface area contributed by atoms with Gasteiger partial charge in [0.1, 0.15) is 23.1 Å². The number of ether oxygens (including phenoxy) is 1. The molecule has 2 N–H and O–H groups in total. The van der Waals surface area contributed by atoms with Gasteiger partial charge in [0.15, 0.2) is 0 Å². The van der Waals surface area contributed by atoms with Gasteiger partial charge in [-0.05, 0) is 141 Å². The number of fused-ring (bicyclic) bond motifs is 12. The van der Waals surface area contributed by atoms with Gasteiger partial charge >= 0.3 is 0 Å². The van der Waals surface area contributed by atoms with Crippen LogP contribution in [0.15, 0.2) is 213 Å². The molecule has 0 saturated heterocycles. The van der Waals surface area contributed by atoms with Gasteiger partial charge in [-0.1, -0.05) is 79.8 Å². The van der Waals surface area contributed by atoms with Gasteiger partial charge in [-0.15, -0.1) is 36.8 Å². The van der Waals surface area contributed by atoms with Crippen LogP contribution in [0.25, 0.3) is 132 Å². The average Bonchev–Trinajstić information content (AvgIpc) is 1.57. The first-order valence-corrected chi connectivity index (χ1v) is 30.7. The number of furan rings is 1. The van der Waals surface area contributed by atoms with Gasteiger partial charge in [-0.25, -0.2) is 0 Å². The lowest BCUT2D eigenvalue weighted by molar-refractivity contribution is 0.208. The van der Waals surface area contributed by atoms with Crippen LogP contribution in [-0.4, -0.2) is 55.4 Å². The minimum absolute atomic E-state index is 0.0490. The highest BCUT2D eigenvalue weighted by Gasteiger charge is 2.37. The fourth-order valence-corrected chi connectivity index (χ4v) is 14.9. The first-order valence-electron chi connectivity index (χ1n) is 29.9. The molecule has 10 heterocycles. The molecule has 0 spiro atoms. The molecule has 17 heteroatoms. The van der Waals surface area contributed by atoms with Crippen molar-refractivity contribution in [1.82, 2.24) is 49.5 Å². The molecule has 436 valence electrons. The number of rotatable bonds is 10. The van der Waals surface area contributed by atoms with Crippen LogP contribution in [0.1, 0.15) is 73.8 Å². The fourth-order valence-electron chi connectivity index (χ4n) is 13.7. The normalized spacial score (nSPS) is 17.2. The number of hydrogen-bond acceptors (Lipinski definition) is 15. The van der Waals surface area contributed by atoms with Crippen molar-refractivity contribution in [2.75, 3.05) is 0 Å². The molecule has 90 heavy (non-hydrogen) atoms. The molecule has 0 bridgehead atoms. The Kier molecular flexibility index (Phi) is 12.1. The predicted molar refractivity (Wildman–Crippen MR) is 354 cm³/mol. The van der Waals surface area contributed by atoms with E-state index in [9.17, 15) is 0 Å². The Morgan fingerprint density at radius 3 is 2.21 bits per heavy atom. The summed E-state index contributed by atoms with van der Waals surface area (Å²) in [7, 11) is 0. The number of aromatic nitrogens is 10. The molecule has 0 fully saturated rings. The lowest BCUT2D eigenvalue weighted by atomic mass is 9.82. The monoisotopic (exact) mass is 1190 g/mol. The van der Waals surface area contributed by atoms with Gasteiger partial charge in [0.25, 0.3) is 5.89 Å². The molecule has 2 aliphatic rings. The van der Waals surface area contributed by atoms with Crippen LogP contribution in [-0.2, 0) is 16.7 Å². The van der Waals surface area contributed by atoms with E-state index in [2.05, 4.69) is 153 Å². The summed E-state index contributed by atoms with van der Waals surface area (Å²) >= 11 is 1.68. The van der Waals surface area contributed by atoms with E-state index in [1.165, 1.54) is 0 Å². The maximum absolute atomic E-state index is 6.95. The first kappa shape index (κ1) is 53.1. The number of allylic oxidation sites excluding steroid dienone is 6. The third-order valence-electron chi connectivity index (χ3n) is 18.0. The van der Waals surface area contributed by atoms with Gasteiger partial charge in [0.2, 0.25) is 23.6 Å². The molecule has 16 nitrogen and oxygen atoms in total. The molecule has 17 rings (SSSR count). The number of aryl methyl sites for hydroxylation is 1. The predicted octanol–water partition coefficient (Wildman–Crippen LogP) is 16.9. The van der Waals surface area contributed by atoms with Crippen LogP contribution in [0.5, 0.6) is 0 Å². The number of nitrogens with two attached hydrogens (primary N) is 1. The Hall–Kier alpha value is -11.2. The largest absolute Gasteiger partial charge is 0.467 e. The second-order valence-electron chi connectivity index (χ2n) is 23.7. The van der Waals surface area contributed by atoms with E-state index < -0.39 is 11.6 Å². The van der Waals surface area contributed by atoms with E-state index in [0.29, 0.717) is 41.6 Å². The van der Waals surface area contributed by atoms with E-state index >= 15 is 0 Å². The minimum Gasteiger partial charge on any atom is -0.467 e. The van der Waals surface area contributed by atoms with Crippen molar-refractivity contribution >= 4 is 97.6 Å². The highest BCUT2D eigenvalue weighted by atomic mass is 32.1. The summed E-state index contributed by atoms with van der Waals surface area (Å²) in [6.45, 7) is 10.7. The fraction of sp³-hybridized carbons (Fsp3) is 0.137. The Bertz CT molecular complexity index is 5570. The van der Waals surface area contributed by atoms with Crippen LogP contribution >= 0.6 is 11.3 Å². The van der Waals surface area contributed by atoms with Gasteiger partial charge in [0, 0.05) is 119 Å². The van der Waals surface area contributed by atoms with Crippen molar-refractivity contribution in [3.63, 3.8) is 0 Å². The average molecular weight is 1200 g/mol. The topological polar surface area (TPSA) is 200 Å². The van der Waals surface area contributed by atoms with Crippen molar-refractivity contribution in [1.29, 1.82) is 0 Å². The van der Waals surface area contributed by atoms with E-state index in [0.717, 1.165) is 136 Å². The summed E-state index contributed by atoms with van der Waals surface area (Å²) in [6, 6.07) is 43.4. The number of benzene rings is 5. The molecule has 4 atom stereocenters. The van der Waals surface area contributed by atoms with Crippen molar-refractivity contribution in [3.05, 3.63) is 229 Å². The molecule has 0 saturated carbocycles. The highest BCUT2D eigenvalue weighted by molar-refractivity contribution is 7.25. The lowest BCUT2D eigenvalue weighted by Gasteiger charge is -2.34. The zero-order chi connectivity index (χ0) is 60.5. The Morgan fingerprint density at radius 1 is 0.656 bits per heavy atom. The molecule has 2 aliphatic carbocycles. The SMILES string of the molecule is CC1=CC(C)(n2c3ccncc3c3cnc(-c4nnc(-c5ccccc5)o4)cc32)Cc2c1oc1c(C)cc(-n3c4ccncc4c4cc(-c5cc6c(cc5-c5nnc(C7C=CC=CC7C)o5)sc5cc(C(C)O/C(=N\N)c7ccccc7)ncc56)ccc43)cc21. The smallest absolute Gasteiger partial charge is 0.266 e.